The molecule has 0 bridgehead atoms. The van der Waals surface area contributed by atoms with Crippen LogP contribution in [0.3, 0.4) is 0 Å². The van der Waals surface area contributed by atoms with Crippen LogP contribution in [0.25, 0.3) is 0 Å². The Labute approximate surface area is 110 Å². The van der Waals surface area contributed by atoms with Crippen molar-refractivity contribution in [3.8, 4) is 0 Å². The molecule has 0 aromatic rings. The summed E-state index contributed by atoms with van der Waals surface area (Å²) in [6, 6.07) is 0. The summed E-state index contributed by atoms with van der Waals surface area (Å²) in [7, 11) is 0. The minimum absolute atomic E-state index is 0.0634. The Morgan fingerprint density at radius 1 is 1.33 bits per heavy atom. The molecule has 2 aliphatic heterocycles. The Hall–Kier alpha value is -0.610. The third-order valence-electron chi connectivity index (χ3n) is 3.87. The lowest BCUT2D eigenvalue weighted by Crippen LogP contribution is -2.61. The Balaban J connectivity index is 2.20. The first-order valence-corrected chi connectivity index (χ1v) is 7.02. The quantitative estimate of drug-likeness (QED) is 0.769. The summed E-state index contributed by atoms with van der Waals surface area (Å²) < 4.78 is 5.56. The number of nitrogens with one attached hydrogen (secondary N) is 1. The Morgan fingerprint density at radius 2 is 2.11 bits per heavy atom. The van der Waals surface area contributed by atoms with E-state index in [4.69, 9.17) is 4.74 Å². The standard InChI is InChI=1S/C14H26N2O2/c1-13(2,3)10-16-12(17)9-18-11-14(16)5-4-7-15-8-6-14/h15H,4-11H2,1-3H3. The smallest absolute Gasteiger partial charge is 0.249 e. The van der Waals surface area contributed by atoms with E-state index in [1.807, 2.05) is 0 Å². The van der Waals surface area contributed by atoms with Gasteiger partial charge in [0.25, 0.3) is 0 Å². The lowest BCUT2D eigenvalue weighted by molar-refractivity contribution is -0.162. The summed E-state index contributed by atoms with van der Waals surface area (Å²) in [5.41, 5.74) is 0.0752. The van der Waals surface area contributed by atoms with Crippen molar-refractivity contribution >= 4 is 5.91 Å². The minimum atomic E-state index is -0.0634. The van der Waals surface area contributed by atoms with Gasteiger partial charge in [0, 0.05) is 6.54 Å². The van der Waals surface area contributed by atoms with Gasteiger partial charge in [-0.2, -0.15) is 0 Å². The van der Waals surface area contributed by atoms with Gasteiger partial charge in [-0.3, -0.25) is 4.79 Å². The van der Waals surface area contributed by atoms with E-state index in [2.05, 4.69) is 31.0 Å². The highest BCUT2D eigenvalue weighted by Gasteiger charge is 2.44. The van der Waals surface area contributed by atoms with E-state index in [1.54, 1.807) is 0 Å². The van der Waals surface area contributed by atoms with E-state index >= 15 is 0 Å². The highest BCUT2D eigenvalue weighted by Crippen LogP contribution is 2.33. The van der Waals surface area contributed by atoms with Gasteiger partial charge in [-0.15, -0.1) is 0 Å². The van der Waals surface area contributed by atoms with E-state index in [9.17, 15) is 4.79 Å². The summed E-state index contributed by atoms with van der Waals surface area (Å²) in [6.45, 7) is 10.4. The number of hydrogen-bond acceptors (Lipinski definition) is 3. The molecule has 2 aliphatic rings. The molecule has 2 heterocycles. The van der Waals surface area contributed by atoms with Gasteiger partial charge in [0.05, 0.1) is 12.1 Å². The molecular weight excluding hydrogens is 228 g/mol. The normalized spacial score (nSPS) is 30.6. The number of nitrogens with zero attached hydrogens (tertiary/aromatic N) is 1. The van der Waals surface area contributed by atoms with Gasteiger partial charge in [-0.25, -0.2) is 0 Å². The van der Waals surface area contributed by atoms with Crippen molar-refractivity contribution < 1.29 is 9.53 Å². The zero-order chi connectivity index (χ0) is 13.2. The molecule has 104 valence electrons. The van der Waals surface area contributed by atoms with Gasteiger partial charge in [-0.05, 0) is 37.8 Å². The number of hydrogen-bond donors (Lipinski definition) is 1. The van der Waals surface area contributed by atoms with Gasteiger partial charge in [0.2, 0.25) is 5.91 Å². The van der Waals surface area contributed by atoms with Crippen molar-refractivity contribution in [3.63, 3.8) is 0 Å². The number of amides is 1. The second-order valence-corrected chi connectivity index (χ2v) is 6.86. The first kappa shape index (κ1) is 13.8. The highest BCUT2D eigenvalue weighted by molar-refractivity contribution is 5.79. The van der Waals surface area contributed by atoms with E-state index in [1.165, 1.54) is 0 Å². The fourth-order valence-electron chi connectivity index (χ4n) is 3.01. The van der Waals surface area contributed by atoms with Crippen LogP contribution in [0.1, 0.15) is 40.0 Å². The molecule has 1 amide bonds. The largest absolute Gasteiger partial charge is 0.369 e. The monoisotopic (exact) mass is 254 g/mol. The topological polar surface area (TPSA) is 41.6 Å². The van der Waals surface area contributed by atoms with Crippen LogP contribution in [0, 0.1) is 5.41 Å². The molecule has 1 unspecified atom stereocenters. The van der Waals surface area contributed by atoms with Crippen molar-refractivity contribution in [1.29, 1.82) is 0 Å². The lowest BCUT2D eigenvalue weighted by atomic mass is 9.85. The Bertz CT molecular complexity index is 301. The second kappa shape index (κ2) is 5.17. The Kier molecular flexibility index (Phi) is 3.97. The molecule has 18 heavy (non-hydrogen) atoms. The van der Waals surface area contributed by atoms with Gasteiger partial charge >= 0.3 is 0 Å². The molecule has 2 rings (SSSR count). The maximum atomic E-state index is 12.2. The second-order valence-electron chi connectivity index (χ2n) is 6.86. The first-order chi connectivity index (χ1) is 8.43. The molecule has 0 aromatic carbocycles. The summed E-state index contributed by atoms with van der Waals surface area (Å²) in [6.07, 6.45) is 3.19. The number of rotatable bonds is 1. The predicted octanol–water partition coefficient (Wildman–Crippen LogP) is 1.40. The van der Waals surface area contributed by atoms with Crippen LogP contribution in [0.4, 0.5) is 0 Å². The molecule has 0 radical (unpaired) electrons. The van der Waals surface area contributed by atoms with Crippen molar-refractivity contribution in [2.45, 2.75) is 45.6 Å². The lowest BCUT2D eigenvalue weighted by Gasteiger charge is -2.48. The fourth-order valence-corrected chi connectivity index (χ4v) is 3.01. The van der Waals surface area contributed by atoms with E-state index in [0.717, 1.165) is 38.9 Å². The number of morpholine rings is 1. The highest BCUT2D eigenvalue weighted by atomic mass is 16.5. The number of carbonyl (C=O) groups is 1. The van der Waals surface area contributed by atoms with Crippen LogP contribution in [0.2, 0.25) is 0 Å². The summed E-state index contributed by atoms with van der Waals surface area (Å²) in [5.74, 6) is 0.165. The van der Waals surface area contributed by atoms with E-state index < -0.39 is 0 Å². The van der Waals surface area contributed by atoms with E-state index in [0.29, 0.717) is 6.61 Å². The van der Waals surface area contributed by atoms with Crippen LogP contribution < -0.4 is 5.32 Å². The third-order valence-corrected chi connectivity index (χ3v) is 3.87. The maximum absolute atomic E-state index is 12.2. The zero-order valence-corrected chi connectivity index (χ0v) is 11.9. The molecule has 2 saturated heterocycles. The number of carbonyl (C=O) groups excluding carboxylic acids is 1. The maximum Gasteiger partial charge on any atom is 0.249 e. The first-order valence-electron chi connectivity index (χ1n) is 7.02. The average molecular weight is 254 g/mol. The van der Waals surface area contributed by atoms with Crippen LogP contribution in [0.5, 0.6) is 0 Å². The zero-order valence-electron chi connectivity index (χ0n) is 11.9. The molecule has 0 aromatic heterocycles. The van der Waals surface area contributed by atoms with Crippen molar-refractivity contribution in [2.24, 2.45) is 5.41 Å². The molecule has 1 N–H and O–H groups in total. The molecule has 4 nitrogen and oxygen atoms in total. The van der Waals surface area contributed by atoms with Crippen molar-refractivity contribution in [1.82, 2.24) is 10.2 Å². The van der Waals surface area contributed by atoms with Crippen LogP contribution >= 0.6 is 0 Å². The van der Waals surface area contributed by atoms with Crippen LogP contribution in [0.15, 0.2) is 0 Å². The summed E-state index contributed by atoms with van der Waals surface area (Å²) >= 11 is 0. The van der Waals surface area contributed by atoms with Crippen molar-refractivity contribution in [3.05, 3.63) is 0 Å². The molecule has 2 fully saturated rings. The molecule has 0 aliphatic carbocycles. The molecule has 1 atom stereocenters. The molecular formula is C14H26N2O2. The average Bonchev–Trinajstić information content (AvgIpc) is 2.49. The molecule has 0 saturated carbocycles. The minimum Gasteiger partial charge on any atom is -0.369 e. The Morgan fingerprint density at radius 3 is 2.83 bits per heavy atom. The SMILES string of the molecule is CC(C)(C)CN1C(=O)COCC12CCCNCC2. The summed E-state index contributed by atoms with van der Waals surface area (Å²) in [4.78, 5) is 14.4. The fraction of sp³-hybridized carbons (Fsp3) is 0.929. The molecule has 4 heteroatoms. The predicted molar refractivity (Wildman–Crippen MR) is 71.4 cm³/mol. The van der Waals surface area contributed by atoms with Gasteiger partial charge < -0.3 is 15.0 Å². The van der Waals surface area contributed by atoms with Crippen LogP contribution in [-0.4, -0.2) is 49.2 Å². The van der Waals surface area contributed by atoms with Gasteiger partial charge in [0.1, 0.15) is 6.61 Å². The third kappa shape index (κ3) is 3.04. The van der Waals surface area contributed by atoms with Gasteiger partial charge in [0.15, 0.2) is 0 Å². The number of ether oxygens (including phenoxy) is 1. The van der Waals surface area contributed by atoms with Crippen molar-refractivity contribution in [2.75, 3.05) is 32.8 Å². The van der Waals surface area contributed by atoms with Crippen LogP contribution in [-0.2, 0) is 9.53 Å². The summed E-state index contributed by atoms with van der Waals surface area (Å²) in [5, 5.41) is 3.42. The van der Waals surface area contributed by atoms with Gasteiger partial charge in [-0.1, -0.05) is 20.8 Å². The molecule has 1 spiro atoms. The van der Waals surface area contributed by atoms with E-state index in [-0.39, 0.29) is 23.5 Å².